The largest absolute Gasteiger partial charge is 0.573 e. The predicted octanol–water partition coefficient (Wildman–Crippen LogP) is 4.34. The maximum atomic E-state index is 13.1. The van der Waals surface area contributed by atoms with Gasteiger partial charge in [0.2, 0.25) is 10.0 Å². The molecule has 0 saturated heterocycles. The summed E-state index contributed by atoms with van der Waals surface area (Å²) in [7, 11) is -4.13. The molecular formula is C16H16F3NO3S2. The summed E-state index contributed by atoms with van der Waals surface area (Å²) in [5, 5.41) is 1.91. The lowest BCUT2D eigenvalue weighted by molar-refractivity contribution is -0.275. The van der Waals surface area contributed by atoms with Gasteiger partial charge in [0, 0.05) is 11.4 Å². The van der Waals surface area contributed by atoms with Gasteiger partial charge in [0.05, 0.1) is 6.04 Å². The average Bonchev–Trinajstić information content (AvgIpc) is 3.01. The molecule has 2 aromatic rings. The molecule has 1 aromatic carbocycles. The van der Waals surface area contributed by atoms with E-state index in [0.717, 1.165) is 22.6 Å². The highest BCUT2D eigenvalue weighted by atomic mass is 32.2. The molecule has 0 unspecified atom stereocenters. The number of hydrogen-bond acceptors (Lipinski definition) is 4. The van der Waals surface area contributed by atoms with E-state index >= 15 is 0 Å². The Morgan fingerprint density at radius 3 is 2.68 bits per heavy atom. The van der Waals surface area contributed by atoms with Crippen LogP contribution in [0.2, 0.25) is 0 Å². The van der Waals surface area contributed by atoms with Crippen molar-refractivity contribution < 1.29 is 26.3 Å². The van der Waals surface area contributed by atoms with Crippen LogP contribution < -0.4 is 4.74 Å². The molecule has 1 atom stereocenters. The molecule has 0 aliphatic carbocycles. The van der Waals surface area contributed by atoms with Gasteiger partial charge in [-0.1, -0.05) is 19.1 Å². The van der Waals surface area contributed by atoms with E-state index < -0.39 is 27.0 Å². The van der Waals surface area contributed by atoms with Gasteiger partial charge in [-0.05, 0) is 42.0 Å². The minimum atomic E-state index is -4.96. The molecule has 0 saturated carbocycles. The summed E-state index contributed by atoms with van der Waals surface area (Å²) in [4.78, 5) is 0.655. The third-order valence-corrected chi connectivity index (χ3v) is 7.04. The van der Waals surface area contributed by atoms with Gasteiger partial charge >= 0.3 is 6.36 Å². The average molecular weight is 391 g/mol. The van der Waals surface area contributed by atoms with E-state index in [1.165, 1.54) is 16.4 Å². The Morgan fingerprint density at radius 2 is 2.00 bits per heavy atom. The van der Waals surface area contributed by atoms with Crippen molar-refractivity contribution >= 4 is 21.4 Å². The van der Waals surface area contributed by atoms with Crippen LogP contribution in [0.3, 0.4) is 0 Å². The number of benzene rings is 1. The number of hydrogen-bond donors (Lipinski definition) is 0. The van der Waals surface area contributed by atoms with Crippen LogP contribution in [0.15, 0.2) is 40.6 Å². The Morgan fingerprint density at radius 1 is 1.28 bits per heavy atom. The van der Waals surface area contributed by atoms with Crippen LogP contribution in [0.4, 0.5) is 13.2 Å². The van der Waals surface area contributed by atoms with Crippen LogP contribution in [0, 0.1) is 0 Å². The van der Waals surface area contributed by atoms with Crippen molar-refractivity contribution in [1.29, 1.82) is 0 Å². The van der Waals surface area contributed by atoms with Gasteiger partial charge in [-0.25, -0.2) is 8.42 Å². The molecule has 3 rings (SSSR count). The first-order valence-electron chi connectivity index (χ1n) is 7.67. The third kappa shape index (κ3) is 3.54. The molecule has 0 amide bonds. The van der Waals surface area contributed by atoms with Crippen LogP contribution in [-0.4, -0.2) is 25.6 Å². The summed E-state index contributed by atoms with van der Waals surface area (Å²) in [6.07, 6.45) is -3.88. The van der Waals surface area contributed by atoms with Gasteiger partial charge in [0.1, 0.15) is 10.6 Å². The molecule has 9 heteroatoms. The number of sulfonamides is 1. The van der Waals surface area contributed by atoms with Gasteiger partial charge < -0.3 is 4.74 Å². The Hall–Kier alpha value is -1.58. The maximum Gasteiger partial charge on any atom is 0.573 e. The van der Waals surface area contributed by atoms with Crippen molar-refractivity contribution in [3.8, 4) is 5.75 Å². The fourth-order valence-electron chi connectivity index (χ4n) is 3.08. The number of ether oxygens (including phenoxy) is 1. The molecule has 0 fully saturated rings. The zero-order valence-electron chi connectivity index (χ0n) is 13.3. The summed E-state index contributed by atoms with van der Waals surface area (Å²) in [5.74, 6) is -0.707. The minimum absolute atomic E-state index is 0.231. The number of alkyl halides is 3. The van der Waals surface area contributed by atoms with E-state index in [9.17, 15) is 21.6 Å². The molecule has 1 aliphatic heterocycles. The van der Waals surface area contributed by atoms with Crippen LogP contribution in [0.5, 0.6) is 5.75 Å². The molecule has 0 spiro atoms. The van der Waals surface area contributed by atoms with Crippen molar-refractivity contribution in [2.45, 2.75) is 37.1 Å². The summed E-state index contributed by atoms with van der Waals surface area (Å²) in [6.45, 7) is 2.09. The number of fused-ring (bicyclic) bond motifs is 1. The van der Waals surface area contributed by atoms with E-state index in [4.69, 9.17) is 0 Å². The predicted molar refractivity (Wildman–Crippen MR) is 88.1 cm³/mol. The highest BCUT2D eigenvalue weighted by Crippen LogP contribution is 2.40. The fraction of sp³-hybridized carbons (Fsp3) is 0.375. The number of thiophene rings is 1. The van der Waals surface area contributed by atoms with E-state index in [2.05, 4.69) is 4.74 Å². The van der Waals surface area contributed by atoms with Crippen molar-refractivity contribution in [3.63, 3.8) is 0 Å². The highest BCUT2D eigenvalue weighted by molar-refractivity contribution is 7.89. The molecular weight excluding hydrogens is 375 g/mol. The first-order chi connectivity index (χ1) is 11.7. The molecule has 25 heavy (non-hydrogen) atoms. The second kappa shape index (κ2) is 6.62. The van der Waals surface area contributed by atoms with Gasteiger partial charge in [0.15, 0.2) is 0 Å². The summed E-state index contributed by atoms with van der Waals surface area (Å²) in [6, 6.07) is 6.35. The number of nitrogens with zero attached hydrogens (tertiary/aromatic N) is 1. The Bertz CT molecular complexity index is 862. The molecule has 0 bridgehead atoms. The Balaban J connectivity index is 2.03. The van der Waals surface area contributed by atoms with Crippen molar-refractivity contribution in [2.24, 2.45) is 0 Å². The van der Waals surface area contributed by atoms with E-state index in [1.54, 1.807) is 11.3 Å². The first kappa shape index (κ1) is 18.2. The second-order valence-electron chi connectivity index (χ2n) is 5.58. The summed E-state index contributed by atoms with van der Waals surface area (Å²) >= 11 is 1.57. The van der Waals surface area contributed by atoms with Crippen molar-refractivity contribution in [3.05, 3.63) is 46.2 Å². The van der Waals surface area contributed by atoms with Crippen molar-refractivity contribution in [2.75, 3.05) is 6.54 Å². The molecule has 4 nitrogen and oxygen atoms in total. The summed E-state index contributed by atoms with van der Waals surface area (Å²) < 4.78 is 69.2. The van der Waals surface area contributed by atoms with Crippen LogP contribution in [0.1, 0.15) is 29.8 Å². The normalized spacial score (nSPS) is 18.8. The smallest absolute Gasteiger partial charge is 0.404 e. The Labute approximate surface area is 147 Å². The van der Waals surface area contributed by atoms with Crippen LogP contribution >= 0.6 is 11.3 Å². The monoisotopic (exact) mass is 391 g/mol. The topological polar surface area (TPSA) is 46.6 Å². The standard InChI is InChI=1S/C16H16F3NO3S2/c1-2-12-11-8-10-24-14(11)7-9-20(12)25(21,22)15-6-4-3-5-13(15)23-16(17,18)19/h3-6,8,10,12H,2,7,9H2,1H3/t12-/m1/s1. The molecule has 2 heterocycles. The highest BCUT2D eigenvalue weighted by Gasteiger charge is 2.39. The lowest BCUT2D eigenvalue weighted by atomic mass is 10.0. The first-order valence-corrected chi connectivity index (χ1v) is 9.99. The molecule has 1 aliphatic rings. The Kier molecular flexibility index (Phi) is 4.82. The molecule has 136 valence electrons. The number of halogens is 3. The molecule has 0 radical (unpaired) electrons. The van der Waals surface area contributed by atoms with Crippen molar-refractivity contribution in [1.82, 2.24) is 4.31 Å². The number of para-hydroxylation sites is 1. The van der Waals surface area contributed by atoms with E-state index in [-0.39, 0.29) is 12.6 Å². The van der Waals surface area contributed by atoms with E-state index in [1.807, 2.05) is 18.4 Å². The van der Waals surface area contributed by atoms with Crippen LogP contribution in [0.25, 0.3) is 0 Å². The molecule has 1 aromatic heterocycles. The SMILES string of the molecule is CC[C@@H]1c2ccsc2CCN1S(=O)(=O)c1ccccc1OC(F)(F)F. The molecule has 0 N–H and O–H groups in total. The third-order valence-electron chi connectivity index (χ3n) is 4.09. The van der Waals surface area contributed by atoms with Gasteiger partial charge in [-0.15, -0.1) is 24.5 Å². The zero-order chi connectivity index (χ0) is 18.2. The number of rotatable bonds is 4. The lowest BCUT2D eigenvalue weighted by Gasteiger charge is -2.34. The van der Waals surface area contributed by atoms with Gasteiger partial charge in [-0.3, -0.25) is 0 Å². The maximum absolute atomic E-state index is 13.1. The quantitative estimate of drug-likeness (QED) is 0.779. The fourth-order valence-corrected chi connectivity index (χ4v) is 5.81. The van der Waals surface area contributed by atoms with E-state index in [0.29, 0.717) is 12.8 Å². The second-order valence-corrected chi connectivity index (χ2v) is 8.44. The zero-order valence-corrected chi connectivity index (χ0v) is 14.9. The minimum Gasteiger partial charge on any atom is -0.404 e. The van der Waals surface area contributed by atoms with Crippen LogP contribution in [-0.2, 0) is 16.4 Å². The lowest BCUT2D eigenvalue weighted by Crippen LogP contribution is -2.39. The van der Waals surface area contributed by atoms with Gasteiger partial charge in [0.25, 0.3) is 0 Å². The van der Waals surface area contributed by atoms with Gasteiger partial charge in [-0.2, -0.15) is 4.31 Å². The summed E-state index contributed by atoms with van der Waals surface area (Å²) in [5.41, 5.74) is 0.927.